The summed E-state index contributed by atoms with van der Waals surface area (Å²) in [6.07, 6.45) is 4.85. The minimum Gasteiger partial charge on any atom is -0.317 e. The number of fused-ring (bicyclic) bond motifs is 2. The first-order valence-electron chi connectivity index (χ1n) is 13.6. The summed E-state index contributed by atoms with van der Waals surface area (Å²) in [6, 6.07) is 16.9. The number of rotatable bonds is 2. The molecule has 0 atom stereocenters. The summed E-state index contributed by atoms with van der Waals surface area (Å²) >= 11 is 0. The smallest absolute Gasteiger partial charge is 0.0923 e. The third-order valence-corrected chi connectivity index (χ3v) is 6.75. The van der Waals surface area contributed by atoms with Crippen LogP contribution in [0.15, 0.2) is 48.5 Å². The summed E-state index contributed by atoms with van der Waals surface area (Å²) in [4.78, 5) is 0. The van der Waals surface area contributed by atoms with Gasteiger partial charge in [-0.25, -0.2) is 0 Å². The van der Waals surface area contributed by atoms with Crippen molar-refractivity contribution in [2.75, 3.05) is 26.2 Å². The molecule has 4 aromatic rings. The van der Waals surface area contributed by atoms with Gasteiger partial charge in [0.2, 0.25) is 0 Å². The van der Waals surface area contributed by atoms with E-state index in [2.05, 4.69) is 63.3 Å². The Morgan fingerprint density at radius 3 is 1.91 bits per heavy atom. The average Bonchev–Trinajstić information content (AvgIpc) is 3.54. The molecule has 0 spiro atoms. The van der Waals surface area contributed by atoms with Gasteiger partial charge in [0.05, 0.1) is 16.7 Å². The quantitative estimate of drug-likeness (QED) is 0.326. The molecule has 4 heterocycles. The molecule has 0 aliphatic carbocycles. The number of hydrogen-bond acceptors (Lipinski definition) is 4. The number of aromatic amines is 1. The van der Waals surface area contributed by atoms with Gasteiger partial charge < -0.3 is 10.6 Å². The van der Waals surface area contributed by atoms with Gasteiger partial charge in [0.15, 0.2) is 0 Å². The zero-order valence-corrected chi connectivity index (χ0v) is 22.3. The number of hydrogen-bond donors (Lipinski definition) is 3. The summed E-state index contributed by atoms with van der Waals surface area (Å²) in [5.74, 6) is 1.28. The van der Waals surface area contributed by atoms with Crippen molar-refractivity contribution >= 4 is 21.8 Å². The van der Waals surface area contributed by atoms with Crippen molar-refractivity contribution in [3.8, 4) is 0 Å². The molecule has 2 aromatic heterocycles. The lowest BCUT2D eigenvalue weighted by Crippen LogP contribution is -2.26. The number of benzene rings is 2. The van der Waals surface area contributed by atoms with Gasteiger partial charge in [-0.3, -0.25) is 9.78 Å². The average molecular weight is 477 g/mol. The van der Waals surface area contributed by atoms with Gasteiger partial charge in [0, 0.05) is 35.3 Å². The molecule has 0 radical (unpaired) electrons. The fourth-order valence-corrected chi connectivity index (χ4v) is 5.04. The number of piperidine rings is 2. The zero-order valence-electron chi connectivity index (χ0n) is 22.3. The third-order valence-electron chi connectivity index (χ3n) is 6.75. The number of H-pyrrole nitrogens is 1. The summed E-state index contributed by atoms with van der Waals surface area (Å²) in [5, 5.41) is 21.7. The maximum Gasteiger partial charge on any atom is 0.0923 e. The van der Waals surface area contributed by atoms with Crippen LogP contribution in [0.5, 0.6) is 0 Å². The predicted molar refractivity (Wildman–Crippen MR) is 149 cm³/mol. The van der Waals surface area contributed by atoms with Crippen LogP contribution in [0.4, 0.5) is 0 Å². The van der Waals surface area contributed by atoms with E-state index in [-0.39, 0.29) is 0 Å². The molecule has 2 fully saturated rings. The Balaban J connectivity index is 0.000000172. The number of nitrogens with one attached hydrogen (secondary N) is 3. The first kappa shape index (κ1) is 26.9. The Bertz CT molecular complexity index is 1130. The molecular weight excluding hydrogens is 432 g/mol. The highest BCUT2D eigenvalue weighted by Crippen LogP contribution is 2.30. The second-order valence-electron chi connectivity index (χ2n) is 8.73. The van der Waals surface area contributed by atoms with Crippen molar-refractivity contribution in [3.05, 3.63) is 59.9 Å². The van der Waals surface area contributed by atoms with Gasteiger partial charge in [-0.2, -0.15) is 10.2 Å². The van der Waals surface area contributed by atoms with Crippen LogP contribution < -0.4 is 10.6 Å². The monoisotopic (exact) mass is 476 g/mol. The van der Waals surface area contributed by atoms with Crippen molar-refractivity contribution in [3.63, 3.8) is 0 Å². The highest BCUT2D eigenvalue weighted by Gasteiger charge is 2.21. The summed E-state index contributed by atoms with van der Waals surface area (Å²) in [6.45, 7) is 12.5. The molecule has 2 saturated heterocycles. The molecule has 6 heteroatoms. The molecule has 35 heavy (non-hydrogen) atoms. The molecular formula is C29H44N6. The summed E-state index contributed by atoms with van der Waals surface area (Å²) in [5.41, 5.74) is 4.95. The number of aromatic nitrogens is 4. The van der Waals surface area contributed by atoms with E-state index in [0.29, 0.717) is 11.8 Å². The Morgan fingerprint density at radius 2 is 1.26 bits per heavy atom. The van der Waals surface area contributed by atoms with Crippen LogP contribution in [0.25, 0.3) is 21.8 Å². The molecule has 2 aliphatic heterocycles. The molecule has 2 aromatic carbocycles. The topological polar surface area (TPSA) is 70.6 Å². The van der Waals surface area contributed by atoms with E-state index in [4.69, 9.17) is 5.10 Å². The Labute approximate surface area is 210 Å². The zero-order chi connectivity index (χ0) is 25.0. The van der Waals surface area contributed by atoms with Crippen LogP contribution in [0.3, 0.4) is 0 Å². The number of nitrogens with zero attached hydrogens (tertiary/aromatic N) is 3. The fraction of sp³-hybridized carbons (Fsp3) is 0.517. The van der Waals surface area contributed by atoms with Crippen LogP contribution in [-0.2, 0) is 7.05 Å². The largest absolute Gasteiger partial charge is 0.317 e. The Hall–Kier alpha value is -2.70. The van der Waals surface area contributed by atoms with Crippen LogP contribution in [-0.4, -0.2) is 46.2 Å². The molecule has 6 nitrogen and oxygen atoms in total. The minimum atomic E-state index is 0.632. The van der Waals surface area contributed by atoms with E-state index >= 15 is 0 Å². The van der Waals surface area contributed by atoms with Gasteiger partial charge in [-0.1, -0.05) is 64.1 Å². The van der Waals surface area contributed by atoms with Gasteiger partial charge >= 0.3 is 0 Å². The van der Waals surface area contributed by atoms with E-state index in [1.165, 1.54) is 53.4 Å². The highest BCUT2D eigenvalue weighted by molar-refractivity contribution is 5.82. The van der Waals surface area contributed by atoms with Crippen LogP contribution in [0.1, 0.15) is 76.6 Å². The first-order chi connectivity index (χ1) is 17.3. The van der Waals surface area contributed by atoms with E-state index < -0.39 is 0 Å². The lowest BCUT2D eigenvalue weighted by atomic mass is 9.93. The van der Waals surface area contributed by atoms with E-state index in [1.54, 1.807) is 0 Å². The maximum absolute atomic E-state index is 4.70. The fourth-order valence-electron chi connectivity index (χ4n) is 5.04. The van der Waals surface area contributed by atoms with Crippen molar-refractivity contribution < 1.29 is 0 Å². The van der Waals surface area contributed by atoms with Gasteiger partial charge in [-0.15, -0.1) is 0 Å². The van der Waals surface area contributed by atoms with Crippen molar-refractivity contribution in [2.24, 2.45) is 7.05 Å². The molecule has 6 rings (SSSR count). The Kier molecular flexibility index (Phi) is 10.8. The SMILES string of the molecule is CC.CC.Cn1nc(C2CCNCC2)c2ccccc21.c1ccc2c(C3CCNCC3)[nH]nc2c1. The van der Waals surface area contributed by atoms with E-state index in [1.807, 2.05) is 45.5 Å². The van der Waals surface area contributed by atoms with Gasteiger partial charge in [0.1, 0.15) is 0 Å². The molecule has 2 aliphatic rings. The lowest BCUT2D eigenvalue weighted by molar-refractivity contribution is 0.452. The molecule has 0 bridgehead atoms. The van der Waals surface area contributed by atoms with Crippen LogP contribution in [0, 0.1) is 0 Å². The van der Waals surface area contributed by atoms with E-state index in [9.17, 15) is 0 Å². The maximum atomic E-state index is 4.70. The molecule has 190 valence electrons. The molecule has 0 saturated carbocycles. The second kappa shape index (κ2) is 14.0. The lowest BCUT2D eigenvalue weighted by Gasteiger charge is -2.21. The standard InChI is InChI=1S/C13H17N3.C12H15N3.2C2H6/c1-16-12-5-3-2-4-11(12)13(15-16)10-6-8-14-9-7-10;1-2-4-11-10(3-1)12(15-14-11)9-5-7-13-8-6-9;2*1-2/h2-5,10,14H,6-9H2,1H3;1-4,9,13H,5-8H2,(H,14,15);2*1-2H3. The van der Waals surface area contributed by atoms with E-state index in [0.717, 1.165) is 31.7 Å². The summed E-state index contributed by atoms with van der Waals surface area (Å²) in [7, 11) is 2.03. The molecule has 0 unspecified atom stereocenters. The third kappa shape index (κ3) is 6.50. The molecule has 0 amide bonds. The Morgan fingerprint density at radius 1 is 0.714 bits per heavy atom. The molecule has 3 N–H and O–H groups in total. The predicted octanol–water partition coefficient (Wildman–Crippen LogP) is 6.12. The number of para-hydroxylation sites is 2. The first-order valence-corrected chi connectivity index (χ1v) is 13.6. The summed E-state index contributed by atoms with van der Waals surface area (Å²) < 4.78 is 2.01. The minimum absolute atomic E-state index is 0.632. The highest BCUT2D eigenvalue weighted by atomic mass is 15.3. The number of aryl methyl sites for hydroxylation is 1. The van der Waals surface area contributed by atoms with Crippen molar-refractivity contribution in [2.45, 2.75) is 65.2 Å². The van der Waals surface area contributed by atoms with Crippen LogP contribution >= 0.6 is 0 Å². The van der Waals surface area contributed by atoms with Crippen molar-refractivity contribution in [1.29, 1.82) is 0 Å². The van der Waals surface area contributed by atoms with Crippen LogP contribution in [0.2, 0.25) is 0 Å². The van der Waals surface area contributed by atoms with Crippen molar-refractivity contribution in [1.82, 2.24) is 30.6 Å². The van der Waals surface area contributed by atoms with Gasteiger partial charge in [-0.05, 0) is 64.0 Å². The van der Waals surface area contributed by atoms with Gasteiger partial charge in [0.25, 0.3) is 0 Å². The normalized spacial score (nSPS) is 16.5. The second-order valence-corrected chi connectivity index (χ2v) is 8.73.